The van der Waals surface area contributed by atoms with Crippen LogP contribution in [0.2, 0.25) is 0 Å². The van der Waals surface area contributed by atoms with Crippen molar-refractivity contribution in [1.82, 2.24) is 14.5 Å². The molecule has 1 aromatic rings. The minimum Gasteiger partial charge on any atom is -0.493 e. The normalized spacial score (nSPS) is 16.0. The molecule has 1 aliphatic rings. The number of thioether (sulfide) groups is 1. The van der Waals surface area contributed by atoms with Gasteiger partial charge in [-0.25, -0.2) is 13.1 Å². The van der Waals surface area contributed by atoms with Crippen LogP contribution in [0.4, 0.5) is 0 Å². The first-order chi connectivity index (χ1) is 15.3. The van der Waals surface area contributed by atoms with E-state index in [1.807, 2.05) is 18.4 Å². The summed E-state index contributed by atoms with van der Waals surface area (Å²) < 4.78 is 43.1. The number of carbonyl (C=O) groups is 1. The molecule has 0 saturated carbocycles. The summed E-state index contributed by atoms with van der Waals surface area (Å²) in [5.41, 5.74) is 0.971. The van der Waals surface area contributed by atoms with Gasteiger partial charge in [0.25, 0.3) is 0 Å². The van der Waals surface area contributed by atoms with Gasteiger partial charge in [-0.2, -0.15) is 11.8 Å². The van der Waals surface area contributed by atoms with Crippen LogP contribution in [0.15, 0.2) is 12.1 Å². The Hall–Kier alpha value is -1.69. The largest absolute Gasteiger partial charge is 0.493 e. The Balaban J connectivity index is 2.03. The van der Waals surface area contributed by atoms with E-state index in [9.17, 15) is 13.2 Å². The van der Waals surface area contributed by atoms with Gasteiger partial charge in [-0.3, -0.25) is 9.69 Å². The highest BCUT2D eigenvalue weighted by atomic mass is 32.2. The highest BCUT2D eigenvalue weighted by Gasteiger charge is 2.30. The number of piperazine rings is 1. The van der Waals surface area contributed by atoms with Crippen LogP contribution < -0.4 is 18.9 Å². The maximum absolute atomic E-state index is 13.0. The van der Waals surface area contributed by atoms with Crippen LogP contribution in [-0.4, -0.2) is 95.4 Å². The van der Waals surface area contributed by atoms with Gasteiger partial charge in [0, 0.05) is 38.3 Å². The number of ether oxygens (including phenoxy) is 3. The van der Waals surface area contributed by atoms with E-state index in [-0.39, 0.29) is 11.7 Å². The molecular weight excluding hydrogens is 454 g/mol. The van der Waals surface area contributed by atoms with Crippen LogP contribution in [0.25, 0.3) is 0 Å². The number of hydrogen-bond donors (Lipinski definition) is 1. The van der Waals surface area contributed by atoms with E-state index in [1.54, 1.807) is 44.9 Å². The number of sulfonamides is 1. The van der Waals surface area contributed by atoms with E-state index in [0.29, 0.717) is 62.1 Å². The van der Waals surface area contributed by atoms with Gasteiger partial charge in [-0.05, 0) is 31.4 Å². The van der Waals surface area contributed by atoms with Gasteiger partial charge in [-0.15, -0.1) is 0 Å². The smallest absolute Gasteiger partial charge is 0.240 e. The Morgan fingerprint density at radius 3 is 2.28 bits per heavy atom. The van der Waals surface area contributed by atoms with Crippen molar-refractivity contribution in [3.8, 4) is 17.2 Å². The number of hydrogen-bond acceptors (Lipinski definition) is 8. The Labute approximate surface area is 195 Å². The number of rotatable bonds is 12. The lowest BCUT2D eigenvalue weighted by atomic mass is 10.1. The summed E-state index contributed by atoms with van der Waals surface area (Å²) >= 11 is 1.59. The molecule has 2 rings (SSSR count). The Kier molecular flexibility index (Phi) is 10.4. The molecule has 1 saturated heterocycles. The summed E-state index contributed by atoms with van der Waals surface area (Å²) in [6.07, 6.45) is 2.42. The van der Waals surface area contributed by atoms with Gasteiger partial charge in [-0.1, -0.05) is 6.07 Å². The lowest BCUT2D eigenvalue weighted by molar-refractivity contribution is -0.134. The Bertz CT molecular complexity index is 857. The maximum atomic E-state index is 13.0. The molecule has 0 aliphatic carbocycles. The summed E-state index contributed by atoms with van der Waals surface area (Å²) in [6, 6.07) is 3.09. The zero-order valence-corrected chi connectivity index (χ0v) is 21.2. The second kappa shape index (κ2) is 12.5. The van der Waals surface area contributed by atoms with Gasteiger partial charge in [0.15, 0.2) is 11.5 Å². The first kappa shape index (κ1) is 26.6. The quantitative estimate of drug-likeness (QED) is 0.471. The van der Waals surface area contributed by atoms with Crippen molar-refractivity contribution in [2.75, 3.05) is 65.3 Å². The fraction of sp³-hybridized carbons (Fsp3) is 0.667. The average molecular weight is 490 g/mol. The van der Waals surface area contributed by atoms with Crippen LogP contribution in [-0.2, 0) is 21.4 Å². The standard InChI is InChI=1S/C21H35N3O6S2/c1-6-32(26,27)22-17(9-14-31-5)21(25)24-12-10-23(11-13-24)15-16-7-8-18(28-2)20(30-4)19(16)29-3/h7-8,17,22H,6,9-15H2,1-5H3. The number of carbonyl (C=O) groups excluding carboxylic acids is 1. The zero-order valence-electron chi connectivity index (χ0n) is 19.5. The Morgan fingerprint density at radius 1 is 1.09 bits per heavy atom. The highest BCUT2D eigenvalue weighted by molar-refractivity contribution is 7.98. The molecule has 32 heavy (non-hydrogen) atoms. The van der Waals surface area contributed by atoms with E-state index in [4.69, 9.17) is 14.2 Å². The molecule has 0 bridgehead atoms. The number of nitrogens with zero attached hydrogens (tertiary/aromatic N) is 2. The predicted octanol–water partition coefficient (Wildman–Crippen LogP) is 1.42. The second-order valence-electron chi connectivity index (χ2n) is 7.45. The van der Waals surface area contributed by atoms with Gasteiger partial charge in [0.2, 0.25) is 21.7 Å². The Morgan fingerprint density at radius 2 is 1.75 bits per heavy atom. The molecule has 1 amide bonds. The number of benzene rings is 1. The van der Waals surface area contributed by atoms with Crippen molar-refractivity contribution in [2.45, 2.75) is 25.9 Å². The summed E-state index contributed by atoms with van der Waals surface area (Å²) in [4.78, 5) is 17.0. The number of methoxy groups -OCH3 is 3. The number of amides is 1. The van der Waals surface area contributed by atoms with E-state index in [2.05, 4.69) is 9.62 Å². The van der Waals surface area contributed by atoms with E-state index < -0.39 is 16.1 Å². The molecule has 0 aromatic heterocycles. The maximum Gasteiger partial charge on any atom is 0.240 e. The van der Waals surface area contributed by atoms with Crippen molar-refractivity contribution in [3.05, 3.63) is 17.7 Å². The zero-order chi connectivity index (χ0) is 23.7. The van der Waals surface area contributed by atoms with Crippen molar-refractivity contribution < 1.29 is 27.4 Å². The van der Waals surface area contributed by atoms with Crippen LogP contribution in [0.1, 0.15) is 18.9 Å². The first-order valence-corrected chi connectivity index (χ1v) is 13.6. The summed E-state index contributed by atoms with van der Waals surface area (Å²) in [5, 5.41) is 0. The lowest BCUT2D eigenvalue weighted by Gasteiger charge is -2.36. The first-order valence-electron chi connectivity index (χ1n) is 10.6. The molecule has 1 unspecified atom stereocenters. The number of nitrogens with one attached hydrogen (secondary N) is 1. The SMILES string of the molecule is CCS(=O)(=O)NC(CCSC)C(=O)N1CCN(Cc2ccc(OC)c(OC)c2OC)CC1. The van der Waals surface area contributed by atoms with Crippen LogP contribution in [0.5, 0.6) is 17.2 Å². The molecule has 9 nitrogen and oxygen atoms in total. The average Bonchev–Trinajstić information content (AvgIpc) is 2.81. The summed E-state index contributed by atoms with van der Waals surface area (Å²) in [6.45, 7) is 4.65. The molecule has 1 aromatic carbocycles. The van der Waals surface area contributed by atoms with Crippen LogP contribution >= 0.6 is 11.8 Å². The molecule has 0 radical (unpaired) electrons. The second-order valence-corrected chi connectivity index (χ2v) is 10.5. The summed E-state index contributed by atoms with van der Waals surface area (Å²) in [7, 11) is 1.30. The monoisotopic (exact) mass is 489 g/mol. The third-order valence-electron chi connectivity index (χ3n) is 5.47. The van der Waals surface area contributed by atoms with Crippen molar-refractivity contribution in [3.63, 3.8) is 0 Å². The van der Waals surface area contributed by atoms with Gasteiger partial charge >= 0.3 is 0 Å². The third kappa shape index (κ3) is 6.90. The topological polar surface area (TPSA) is 97.4 Å². The molecule has 11 heteroatoms. The fourth-order valence-corrected chi connectivity index (χ4v) is 4.93. The van der Waals surface area contributed by atoms with Gasteiger partial charge < -0.3 is 19.1 Å². The molecule has 1 atom stereocenters. The minimum atomic E-state index is -3.46. The van der Waals surface area contributed by atoms with Crippen molar-refractivity contribution in [2.24, 2.45) is 0 Å². The van der Waals surface area contributed by atoms with Crippen molar-refractivity contribution in [1.29, 1.82) is 0 Å². The minimum absolute atomic E-state index is 0.0447. The molecule has 182 valence electrons. The lowest BCUT2D eigenvalue weighted by Crippen LogP contribution is -2.55. The molecule has 1 N–H and O–H groups in total. The van der Waals surface area contributed by atoms with E-state index in [0.717, 1.165) is 5.56 Å². The predicted molar refractivity (Wildman–Crippen MR) is 127 cm³/mol. The molecule has 1 aliphatic heterocycles. The molecule has 1 fully saturated rings. The third-order valence-corrected chi connectivity index (χ3v) is 7.52. The highest BCUT2D eigenvalue weighted by Crippen LogP contribution is 2.40. The summed E-state index contributed by atoms with van der Waals surface area (Å²) in [5.74, 6) is 2.31. The van der Waals surface area contributed by atoms with Crippen molar-refractivity contribution >= 4 is 27.7 Å². The molecule has 1 heterocycles. The van der Waals surface area contributed by atoms with E-state index in [1.165, 1.54) is 0 Å². The van der Waals surface area contributed by atoms with E-state index >= 15 is 0 Å². The van der Waals surface area contributed by atoms with Gasteiger partial charge in [0.05, 0.1) is 27.1 Å². The fourth-order valence-electron chi connectivity index (χ4n) is 3.64. The van der Waals surface area contributed by atoms with Gasteiger partial charge in [0.1, 0.15) is 6.04 Å². The molecule has 0 spiro atoms. The van der Waals surface area contributed by atoms with Crippen LogP contribution in [0.3, 0.4) is 0 Å². The van der Waals surface area contributed by atoms with Crippen LogP contribution in [0, 0.1) is 0 Å². The molecular formula is C21H35N3O6S2.